The van der Waals surface area contributed by atoms with Crippen LogP contribution < -0.4 is 5.32 Å². The number of hydrogen-bond donors (Lipinski definition) is 1. The van der Waals surface area contributed by atoms with Crippen molar-refractivity contribution in [3.05, 3.63) is 27.5 Å². The molecule has 0 amide bonds. The van der Waals surface area contributed by atoms with Gasteiger partial charge in [0, 0.05) is 24.2 Å². The van der Waals surface area contributed by atoms with Crippen LogP contribution in [-0.2, 0) is 0 Å². The zero-order valence-electron chi connectivity index (χ0n) is 8.21. The number of nitrogens with one attached hydrogen (secondary N) is 1. The third-order valence-electron chi connectivity index (χ3n) is 3.55. The van der Waals surface area contributed by atoms with Crippen LogP contribution in [0.15, 0.2) is 16.7 Å². The molecule has 0 aromatic carbocycles. The first-order valence-corrected chi connectivity index (χ1v) is 6.48. The van der Waals surface area contributed by atoms with Crippen LogP contribution in [0, 0.1) is 0 Å². The van der Waals surface area contributed by atoms with Gasteiger partial charge in [-0.25, -0.2) is 4.98 Å². The minimum Gasteiger partial charge on any atom is -0.311 e. The molecule has 1 aromatic heterocycles. The highest BCUT2D eigenvalue weighted by Gasteiger charge is 2.39. The number of pyridine rings is 1. The third kappa shape index (κ3) is 1.71. The second kappa shape index (κ2) is 3.72. The van der Waals surface area contributed by atoms with Crippen LogP contribution in [0.2, 0.25) is 5.15 Å². The lowest BCUT2D eigenvalue weighted by molar-refractivity contribution is 0.505. The van der Waals surface area contributed by atoms with Gasteiger partial charge in [-0.2, -0.15) is 0 Å². The Labute approximate surface area is 103 Å². The number of hydrogen-bond acceptors (Lipinski definition) is 2. The molecule has 2 bridgehead atoms. The molecule has 2 aliphatic rings. The molecular weight excluding hydrogens is 275 g/mol. The Kier molecular flexibility index (Phi) is 2.49. The van der Waals surface area contributed by atoms with Gasteiger partial charge in [-0.05, 0) is 46.8 Å². The summed E-state index contributed by atoms with van der Waals surface area (Å²) in [5, 5.41) is 4.19. The minimum atomic E-state index is 0.551. The topological polar surface area (TPSA) is 24.9 Å². The largest absolute Gasteiger partial charge is 0.311 e. The van der Waals surface area contributed by atoms with Crippen LogP contribution in [0.4, 0.5) is 0 Å². The van der Waals surface area contributed by atoms with Crippen molar-refractivity contribution in [2.45, 2.75) is 37.3 Å². The summed E-state index contributed by atoms with van der Waals surface area (Å²) >= 11 is 9.32. The van der Waals surface area contributed by atoms with Crippen molar-refractivity contribution in [3.8, 4) is 0 Å². The average Bonchev–Trinajstić information content (AvgIpc) is 2.83. The SMILES string of the molecule is Clc1ncc([C@H]2CC3CCC2N3)cc1Br. The normalized spacial score (nSPS) is 33.6. The number of aromatic nitrogens is 1. The van der Waals surface area contributed by atoms with Crippen molar-refractivity contribution in [3.63, 3.8) is 0 Å². The second-order valence-electron chi connectivity index (χ2n) is 4.43. The van der Waals surface area contributed by atoms with Crippen molar-refractivity contribution in [1.29, 1.82) is 0 Å². The quantitative estimate of drug-likeness (QED) is 0.803. The predicted molar refractivity (Wildman–Crippen MR) is 64.3 cm³/mol. The van der Waals surface area contributed by atoms with Gasteiger partial charge in [0.15, 0.2) is 0 Å². The van der Waals surface area contributed by atoms with Gasteiger partial charge in [-0.15, -0.1) is 0 Å². The fourth-order valence-electron chi connectivity index (χ4n) is 2.83. The Morgan fingerprint density at radius 3 is 2.93 bits per heavy atom. The maximum atomic E-state index is 5.89. The van der Waals surface area contributed by atoms with E-state index in [9.17, 15) is 0 Å². The Morgan fingerprint density at radius 2 is 2.33 bits per heavy atom. The molecule has 2 aliphatic heterocycles. The molecule has 80 valence electrons. The zero-order chi connectivity index (χ0) is 10.4. The van der Waals surface area contributed by atoms with Crippen molar-refractivity contribution < 1.29 is 0 Å². The maximum absolute atomic E-state index is 5.89. The smallest absolute Gasteiger partial charge is 0.143 e. The van der Waals surface area contributed by atoms with Gasteiger partial charge in [-0.1, -0.05) is 11.6 Å². The van der Waals surface area contributed by atoms with Gasteiger partial charge in [0.05, 0.1) is 4.47 Å². The Hall–Kier alpha value is -0.120. The van der Waals surface area contributed by atoms with E-state index in [0.717, 1.165) is 10.5 Å². The Morgan fingerprint density at radius 1 is 1.47 bits per heavy atom. The lowest BCUT2D eigenvalue weighted by Crippen LogP contribution is -2.21. The zero-order valence-corrected chi connectivity index (χ0v) is 10.6. The first-order valence-electron chi connectivity index (χ1n) is 5.31. The lowest BCUT2D eigenvalue weighted by Gasteiger charge is -2.20. The molecule has 0 saturated carbocycles. The first kappa shape index (κ1) is 10.1. The van der Waals surface area contributed by atoms with E-state index >= 15 is 0 Å². The molecule has 3 heterocycles. The molecule has 3 atom stereocenters. The molecule has 0 aliphatic carbocycles. The molecule has 0 spiro atoms. The summed E-state index contributed by atoms with van der Waals surface area (Å²) in [5.74, 6) is 0.629. The highest BCUT2D eigenvalue weighted by atomic mass is 79.9. The van der Waals surface area contributed by atoms with Crippen LogP contribution in [0.5, 0.6) is 0 Å². The van der Waals surface area contributed by atoms with Crippen LogP contribution in [0.3, 0.4) is 0 Å². The van der Waals surface area contributed by atoms with E-state index in [0.29, 0.717) is 17.1 Å². The number of halogens is 2. The molecule has 2 nitrogen and oxygen atoms in total. The average molecular weight is 288 g/mol. The molecule has 1 aromatic rings. The summed E-state index contributed by atoms with van der Waals surface area (Å²) in [4.78, 5) is 4.20. The summed E-state index contributed by atoms with van der Waals surface area (Å²) in [6.07, 6.45) is 5.81. The summed E-state index contributed by atoms with van der Waals surface area (Å²) in [5.41, 5.74) is 1.31. The van der Waals surface area contributed by atoms with Gasteiger partial charge in [0.25, 0.3) is 0 Å². The van der Waals surface area contributed by atoms with E-state index in [1.54, 1.807) is 0 Å². The second-order valence-corrected chi connectivity index (χ2v) is 5.64. The van der Waals surface area contributed by atoms with Crippen molar-refractivity contribution in [1.82, 2.24) is 10.3 Å². The Balaban J connectivity index is 1.90. The lowest BCUT2D eigenvalue weighted by atomic mass is 9.85. The van der Waals surface area contributed by atoms with Crippen LogP contribution >= 0.6 is 27.5 Å². The van der Waals surface area contributed by atoms with E-state index in [1.165, 1.54) is 24.8 Å². The van der Waals surface area contributed by atoms with Crippen LogP contribution in [0.25, 0.3) is 0 Å². The Bertz CT molecular complexity index is 396. The summed E-state index contributed by atoms with van der Waals surface area (Å²) < 4.78 is 0.907. The first-order chi connectivity index (χ1) is 7.24. The van der Waals surface area contributed by atoms with E-state index in [1.807, 2.05) is 6.20 Å². The summed E-state index contributed by atoms with van der Waals surface area (Å²) in [7, 11) is 0. The van der Waals surface area contributed by atoms with Crippen molar-refractivity contribution in [2.24, 2.45) is 0 Å². The predicted octanol–water partition coefficient (Wildman–Crippen LogP) is 3.11. The van der Waals surface area contributed by atoms with E-state index in [-0.39, 0.29) is 0 Å². The molecule has 2 saturated heterocycles. The number of nitrogens with zero attached hydrogens (tertiary/aromatic N) is 1. The fraction of sp³-hybridized carbons (Fsp3) is 0.545. The third-order valence-corrected chi connectivity index (χ3v) is 4.68. The van der Waals surface area contributed by atoms with Crippen molar-refractivity contribution >= 4 is 27.5 Å². The maximum Gasteiger partial charge on any atom is 0.143 e. The van der Waals surface area contributed by atoms with Crippen LogP contribution in [0.1, 0.15) is 30.7 Å². The van der Waals surface area contributed by atoms with Gasteiger partial charge >= 0.3 is 0 Å². The van der Waals surface area contributed by atoms with Crippen LogP contribution in [-0.4, -0.2) is 17.1 Å². The number of rotatable bonds is 1. The molecule has 0 radical (unpaired) electrons. The fourth-order valence-corrected chi connectivity index (χ4v) is 3.30. The number of fused-ring (bicyclic) bond motifs is 2. The highest BCUT2D eigenvalue weighted by molar-refractivity contribution is 9.10. The monoisotopic (exact) mass is 286 g/mol. The standard InChI is InChI=1S/C11H12BrClN2/c12-9-3-6(5-14-11(9)13)8-4-7-1-2-10(8)15-7/h3,5,7-8,10,15H,1-2,4H2/t7?,8-,10?/m1/s1. The van der Waals surface area contributed by atoms with E-state index in [2.05, 4.69) is 32.3 Å². The van der Waals surface area contributed by atoms with E-state index < -0.39 is 0 Å². The highest BCUT2D eigenvalue weighted by Crippen LogP contribution is 2.40. The molecule has 3 rings (SSSR count). The molecule has 1 N–H and O–H groups in total. The van der Waals surface area contributed by atoms with Gasteiger partial charge in [0.2, 0.25) is 0 Å². The molecule has 2 unspecified atom stereocenters. The van der Waals surface area contributed by atoms with Crippen molar-refractivity contribution in [2.75, 3.05) is 0 Å². The van der Waals surface area contributed by atoms with Gasteiger partial charge in [0.1, 0.15) is 5.15 Å². The molecule has 4 heteroatoms. The summed E-state index contributed by atoms with van der Waals surface area (Å²) in [6.45, 7) is 0. The minimum absolute atomic E-state index is 0.551. The van der Waals surface area contributed by atoms with Gasteiger partial charge < -0.3 is 5.32 Å². The van der Waals surface area contributed by atoms with Gasteiger partial charge in [-0.3, -0.25) is 0 Å². The molecule has 2 fully saturated rings. The van der Waals surface area contributed by atoms with E-state index in [4.69, 9.17) is 11.6 Å². The summed E-state index contributed by atoms with van der Waals surface area (Å²) in [6, 6.07) is 3.50. The molecule has 15 heavy (non-hydrogen) atoms. The molecular formula is C11H12BrClN2.